The molecule has 1 fully saturated rings. The van der Waals surface area contributed by atoms with Crippen LogP contribution in [0.5, 0.6) is 0 Å². The van der Waals surface area contributed by atoms with Crippen LogP contribution >= 0.6 is 0 Å². The number of nitrogens with two attached hydrogens (primary N) is 1. The van der Waals surface area contributed by atoms with Crippen LogP contribution in [0.4, 0.5) is 0 Å². The Morgan fingerprint density at radius 1 is 1.67 bits per heavy atom. The van der Waals surface area contributed by atoms with Gasteiger partial charge in [-0.2, -0.15) is 0 Å². The van der Waals surface area contributed by atoms with Crippen molar-refractivity contribution in [2.24, 2.45) is 16.8 Å². The summed E-state index contributed by atoms with van der Waals surface area (Å²) in [4.78, 5) is 13.4. The molecule has 5 nitrogen and oxygen atoms in total. The van der Waals surface area contributed by atoms with Crippen LogP contribution in [0.2, 0.25) is 0 Å². The van der Waals surface area contributed by atoms with Crippen molar-refractivity contribution in [2.45, 2.75) is 38.6 Å². The highest BCUT2D eigenvalue weighted by Crippen LogP contribution is 2.32. The van der Waals surface area contributed by atoms with Gasteiger partial charge in [0.25, 0.3) is 0 Å². The fourth-order valence-corrected chi connectivity index (χ4v) is 1.44. The lowest BCUT2D eigenvalue weighted by Gasteiger charge is -2.24. The predicted octanol–water partition coefficient (Wildman–Crippen LogP) is 0.770. The van der Waals surface area contributed by atoms with E-state index in [2.05, 4.69) is 5.16 Å². The van der Waals surface area contributed by atoms with Crippen molar-refractivity contribution in [1.82, 2.24) is 4.90 Å². The van der Waals surface area contributed by atoms with Crippen molar-refractivity contribution in [2.75, 3.05) is 7.05 Å². The van der Waals surface area contributed by atoms with Gasteiger partial charge in [-0.15, -0.1) is 0 Å². The summed E-state index contributed by atoms with van der Waals surface area (Å²) in [6.07, 6.45) is 3.39. The molecule has 0 aromatic heterocycles. The van der Waals surface area contributed by atoms with Crippen LogP contribution in [-0.4, -0.2) is 34.9 Å². The third-order valence-electron chi connectivity index (χ3n) is 2.85. The van der Waals surface area contributed by atoms with Crippen LogP contribution in [0, 0.1) is 5.92 Å². The molecule has 1 rings (SSSR count). The first-order valence-corrected chi connectivity index (χ1v) is 5.26. The molecule has 1 amide bonds. The Balaban J connectivity index is 2.36. The van der Waals surface area contributed by atoms with E-state index in [1.807, 2.05) is 6.92 Å². The Bertz CT molecular complexity index is 261. The molecule has 1 saturated carbocycles. The quantitative estimate of drug-likeness (QED) is 0.306. The Morgan fingerprint density at radius 3 is 2.73 bits per heavy atom. The fourth-order valence-electron chi connectivity index (χ4n) is 1.44. The third kappa shape index (κ3) is 3.77. The molecule has 0 bridgehead atoms. The van der Waals surface area contributed by atoms with Gasteiger partial charge >= 0.3 is 0 Å². The molecule has 0 saturated heterocycles. The third-order valence-corrected chi connectivity index (χ3v) is 2.85. The highest BCUT2D eigenvalue weighted by Gasteiger charge is 2.27. The summed E-state index contributed by atoms with van der Waals surface area (Å²) in [6.45, 7) is 1.89. The van der Waals surface area contributed by atoms with Crippen LogP contribution in [0.25, 0.3) is 0 Å². The maximum atomic E-state index is 11.7. The lowest BCUT2D eigenvalue weighted by Crippen LogP contribution is -2.37. The summed E-state index contributed by atoms with van der Waals surface area (Å²) in [5, 5.41) is 11.3. The summed E-state index contributed by atoms with van der Waals surface area (Å²) in [6, 6.07) is -0.0212. The zero-order valence-electron chi connectivity index (χ0n) is 9.31. The minimum absolute atomic E-state index is 0.0212. The van der Waals surface area contributed by atoms with Crippen LogP contribution in [0.3, 0.4) is 0 Å². The summed E-state index contributed by atoms with van der Waals surface area (Å²) < 4.78 is 0. The first-order valence-electron chi connectivity index (χ1n) is 5.26. The summed E-state index contributed by atoms with van der Waals surface area (Å²) in [7, 11) is 1.76. The van der Waals surface area contributed by atoms with Gasteiger partial charge < -0.3 is 15.8 Å². The predicted molar refractivity (Wildman–Crippen MR) is 57.6 cm³/mol. The Morgan fingerprint density at radius 2 is 2.27 bits per heavy atom. The Kier molecular flexibility index (Phi) is 3.94. The van der Waals surface area contributed by atoms with E-state index in [1.165, 1.54) is 12.8 Å². The number of carbonyl (C=O) groups is 1. The van der Waals surface area contributed by atoms with Gasteiger partial charge in [-0.3, -0.25) is 4.79 Å². The maximum Gasteiger partial charge on any atom is 0.222 e. The zero-order valence-corrected chi connectivity index (χ0v) is 9.31. The molecule has 1 aliphatic carbocycles. The van der Waals surface area contributed by atoms with Gasteiger partial charge in [0.2, 0.25) is 5.91 Å². The summed E-state index contributed by atoms with van der Waals surface area (Å²) in [5.74, 6) is 0.903. The van der Waals surface area contributed by atoms with Crippen molar-refractivity contribution in [3.63, 3.8) is 0 Å². The van der Waals surface area contributed by atoms with Gasteiger partial charge in [0.15, 0.2) is 0 Å². The second-order valence-electron chi connectivity index (χ2n) is 4.30. The largest absolute Gasteiger partial charge is 0.409 e. The van der Waals surface area contributed by atoms with E-state index in [4.69, 9.17) is 10.9 Å². The zero-order chi connectivity index (χ0) is 11.4. The number of carbonyl (C=O) groups excluding carboxylic acids is 1. The van der Waals surface area contributed by atoms with Crippen molar-refractivity contribution >= 4 is 11.7 Å². The molecule has 5 heteroatoms. The van der Waals surface area contributed by atoms with E-state index < -0.39 is 0 Å². The molecule has 86 valence electrons. The van der Waals surface area contributed by atoms with E-state index in [1.54, 1.807) is 11.9 Å². The minimum atomic E-state index is -0.0212. The first-order chi connectivity index (χ1) is 7.04. The smallest absolute Gasteiger partial charge is 0.222 e. The molecule has 0 aromatic carbocycles. The number of nitrogens with zero attached hydrogens (tertiary/aromatic N) is 2. The molecule has 0 radical (unpaired) electrons. The van der Waals surface area contributed by atoms with Crippen LogP contribution < -0.4 is 5.73 Å². The van der Waals surface area contributed by atoms with Crippen LogP contribution in [0.1, 0.15) is 32.6 Å². The van der Waals surface area contributed by atoms with Gasteiger partial charge in [-0.1, -0.05) is 5.16 Å². The highest BCUT2D eigenvalue weighted by atomic mass is 16.4. The molecule has 1 aliphatic rings. The molecular weight excluding hydrogens is 194 g/mol. The normalized spacial score (nSPS) is 18.7. The summed E-state index contributed by atoms with van der Waals surface area (Å²) >= 11 is 0. The molecule has 0 heterocycles. The van der Waals surface area contributed by atoms with E-state index in [0.29, 0.717) is 18.8 Å². The van der Waals surface area contributed by atoms with Gasteiger partial charge in [-0.25, -0.2) is 0 Å². The van der Waals surface area contributed by atoms with E-state index >= 15 is 0 Å². The molecule has 0 aromatic rings. The fraction of sp³-hybridized carbons (Fsp3) is 0.800. The molecule has 1 unspecified atom stereocenters. The lowest BCUT2D eigenvalue weighted by molar-refractivity contribution is -0.131. The van der Waals surface area contributed by atoms with E-state index in [9.17, 15) is 4.79 Å². The van der Waals surface area contributed by atoms with Crippen molar-refractivity contribution in [3.05, 3.63) is 0 Å². The summed E-state index contributed by atoms with van der Waals surface area (Å²) in [5.41, 5.74) is 5.39. The number of amidine groups is 1. The van der Waals surface area contributed by atoms with Crippen molar-refractivity contribution in [3.8, 4) is 0 Å². The van der Waals surface area contributed by atoms with Crippen molar-refractivity contribution in [1.29, 1.82) is 0 Å². The number of hydrogen-bond donors (Lipinski definition) is 2. The van der Waals surface area contributed by atoms with Gasteiger partial charge in [0, 0.05) is 25.9 Å². The monoisotopic (exact) mass is 213 g/mol. The number of oxime groups is 1. The van der Waals surface area contributed by atoms with Gasteiger partial charge in [0.05, 0.1) is 0 Å². The van der Waals surface area contributed by atoms with E-state index in [-0.39, 0.29) is 17.8 Å². The number of rotatable bonds is 5. The minimum Gasteiger partial charge on any atom is -0.409 e. The number of hydrogen-bond acceptors (Lipinski definition) is 3. The lowest BCUT2D eigenvalue weighted by atomic mass is 10.1. The van der Waals surface area contributed by atoms with Crippen molar-refractivity contribution < 1.29 is 10.0 Å². The van der Waals surface area contributed by atoms with Gasteiger partial charge in [0.1, 0.15) is 5.84 Å². The van der Waals surface area contributed by atoms with Gasteiger partial charge in [-0.05, 0) is 25.7 Å². The van der Waals surface area contributed by atoms with Crippen LogP contribution in [-0.2, 0) is 4.79 Å². The second kappa shape index (κ2) is 5.00. The Hall–Kier alpha value is -1.26. The average molecular weight is 213 g/mol. The second-order valence-corrected chi connectivity index (χ2v) is 4.30. The average Bonchev–Trinajstić information content (AvgIpc) is 2.99. The molecule has 0 spiro atoms. The molecule has 3 N–H and O–H groups in total. The number of amides is 1. The molecule has 1 atom stereocenters. The topological polar surface area (TPSA) is 78.9 Å². The standard InChI is InChI=1S/C10H19N3O2/c1-7(5-9(11)12-15)13(2)10(14)6-8-3-4-8/h7-8,15H,3-6H2,1-2H3,(H2,11,12). The molecule has 0 aliphatic heterocycles. The molecule has 15 heavy (non-hydrogen) atoms. The van der Waals surface area contributed by atoms with E-state index in [0.717, 1.165) is 0 Å². The highest BCUT2D eigenvalue weighted by molar-refractivity contribution is 5.82. The maximum absolute atomic E-state index is 11.7. The Labute approximate surface area is 89.9 Å². The first kappa shape index (κ1) is 11.8. The SMILES string of the molecule is CC(CC(N)=NO)N(C)C(=O)CC1CC1. The van der Waals surface area contributed by atoms with Crippen LogP contribution in [0.15, 0.2) is 5.16 Å². The molecular formula is C10H19N3O2.